The number of hydrogen-bond acceptors (Lipinski definition) is 6. The molecule has 0 atom stereocenters. The van der Waals surface area contributed by atoms with E-state index in [2.05, 4.69) is 20.1 Å². The minimum absolute atomic E-state index is 0.375. The maximum atomic E-state index is 5.67. The molecule has 0 amide bonds. The molecular formula is C13H11N5O. The van der Waals surface area contributed by atoms with Crippen LogP contribution in [0.4, 0.5) is 5.69 Å². The van der Waals surface area contributed by atoms with E-state index in [4.69, 9.17) is 10.3 Å². The number of pyridine rings is 2. The topological polar surface area (TPSA) is 90.7 Å². The van der Waals surface area contributed by atoms with Crippen LogP contribution in [0.15, 0.2) is 41.3 Å². The number of aromatic nitrogens is 4. The Balaban J connectivity index is 2.03. The molecule has 0 unspecified atom stereocenters. The standard InChI is InChI=1S/C13H11N5O/c1-8-3-2-4-16-11(8)12-17-13(19-18-12)9-5-10(14)7-15-6-9/h2-7H,14H2,1H3. The Bertz CT molecular complexity index is 722. The molecule has 0 bridgehead atoms. The van der Waals surface area contributed by atoms with Crippen LogP contribution in [-0.4, -0.2) is 20.1 Å². The Morgan fingerprint density at radius 2 is 2.16 bits per heavy atom. The van der Waals surface area contributed by atoms with E-state index in [1.165, 1.54) is 0 Å². The van der Waals surface area contributed by atoms with Gasteiger partial charge in [-0.2, -0.15) is 4.98 Å². The summed E-state index contributed by atoms with van der Waals surface area (Å²) in [6.07, 6.45) is 4.88. The second-order valence-corrected chi connectivity index (χ2v) is 4.10. The SMILES string of the molecule is Cc1cccnc1-c1noc(-c2cncc(N)c2)n1. The van der Waals surface area contributed by atoms with E-state index >= 15 is 0 Å². The Labute approximate surface area is 109 Å². The van der Waals surface area contributed by atoms with Gasteiger partial charge in [0.1, 0.15) is 5.69 Å². The molecule has 0 spiro atoms. The predicted molar refractivity (Wildman–Crippen MR) is 69.9 cm³/mol. The lowest BCUT2D eigenvalue weighted by molar-refractivity contribution is 0.432. The van der Waals surface area contributed by atoms with Gasteiger partial charge in [0.05, 0.1) is 11.3 Å². The fourth-order valence-electron chi connectivity index (χ4n) is 1.73. The molecule has 6 heteroatoms. The monoisotopic (exact) mass is 253 g/mol. The highest BCUT2D eigenvalue weighted by molar-refractivity contribution is 5.61. The first-order valence-electron chi connectivity index (χ1n) is 5.70. The number of nitrogen functional groups attached to an aromatic ring is 1. The summed E-state index contributed by atoms with van der Waals surface area (Å²) in [5.74, 6) is 0.829. The van der Waals surface area contributed by atoms with E-state index in [0.717, 1.165) is 5.56 Å². The summed E-state index contributed by atoms with van der Waals surface area (Å²) in [6.45, 7) is 1.94. The Kier molecular flexibility index (Phi) is 2.68. The van der Waals surface area contributed by atoms with Crippen LogP contribution in [0.2, 0.25) is 0 Å². The van der Waals surface area contributed by atoms with Crippen molar-refractivity contribution in [1.29, 1.82) is 0 Å². The Hall–Kier alpha value is -2.76. The van der Waals surface area contributed by atoms with Crippen molar-refractivity contribution in [2.45, 2.75) is 6.92 Å². The zero-order valence-corrected chi connectivity index (χ0v) is 10.2. The van der Waals surface area contributed by atoms with Crippen LogP contribution < -0.4 is 5.73 Å². The zero-order chi connectivity index (χ0) is 13.2. The number of rotatable bonds is 2. The molecule has 6 nitrogen and oxygen atoms in total. The largest absolute Gasteiger partial charge is 0.397 e. The van der Waals surface area contributed by atoms with E-state index in [0.29, 0.717) is 28.7 Å². The van der Waals surface area contributed by atoms with E-state index in [-0.39, 0.29) is 0 Å². The first kappa shape index (κ1) is 11.3. The van der Waals surface area contributed by atoms with E-state index < -0.39 is 0 Å². The molecule has 0 fully saturated rings. The minimum atomic E-state index is 0.375. The number of anilines is 1. The minimum Gasteiger partial charge on any atom is -0.397 e. The van der Waals surface area contributed by atoms with Gasteiger partial charge < -0.3 is 10.3 Å². The summed E-state index contributed by atoms with van der Waals surface area (Å²) in [5.41, 5.74) is 8.60. The molecule has 0 saturated heterocycles. The van der Waals surface area contributed by atoms with Gasteiger partial charge in [-0.3, -0.25) is 9.97 Å². The third kappa shape index (κ3) is 2.15. The number of hydrogen-bond donors (Lipinski definition) is 1. The van der Waals surface area contributed by atoms with Crippen LogP contribution in [0.1, 0.15) is 5.56 Å². The van der Waals surface area contributed by atoms with Gasteiger partial charge in [0.15, 0.2) is 0 Å². The van der Waals surface area contributed by atoms with Crippen molar-refractivity contribution in [3.8, 4) is 23.0 Å². The van der Waals surface area contributed by atoms with Crippen molar-refractivity contribution in [3.05, 3.63) is 42.4 Å². The first-order valence-corrected chi connectivity index (χ1v) is 5.70. The van der Waals surface area contributed by atoms with Gasteiger partial charge in [-0.25, -0.2) is 0 Å². The number of nitrogens with zero attached hydrogens (tertiary/aromatic N) is 4. The third-order valence-corrected chi connectivity index (χ3v) is 2.65. The molecule has 0 aliphatic carbocycles. The summed E-state index contributed by atoms with van der Waals surface area (Å²) in [4.78, 5) is 12.6. The van der Waals surface area contributed by atoms with E-state index in [9.17, 15) is 0 Å². The van der Waals surface area contributed by atoms with Crippen LogP contribution in [-0.2, 0) is 0 Å². The molecule has 3 aromatic rings. The van der Waals surface area contributed by atoms with Crippen molar-refractivity contribution in [3.63, 3.8) is 0 Å². The first-order chi connectivity index (χ1) is 9.24. The molecule has 19 heavy (non-hydrogen) atoms. The van der Waals surface area contributed by atoms with E-state index in [1.807, 2.05) is 19.1 Å². The molecule has 2 N–H and O–H groups in total. The smallest absolute Gasteiger partial charge is 0.259 e. The molecule has 0 aliphatic heterocycles. The maximum Gasteiger partial charge on any atom is 0.259 e. The molecule has 3 aromatic heterocycles. The lowest BCUT2D eigenvalue weighted by Gasteiger charge is -1.97. The summed E-state index contributed by atoms with van der Waals surface area (Å²) < 4.78 is 5.22. The van der Waals surface area contributed by atoms with Crippen molar-refractivity contribution in [2.75, 3.05) is 5.73 Å². The second kappa shape index (κ2) is 4.49. The highest BCUT2D eigenvalue weighted by Crippen LogP contribution is 2.23. The van der Waals surface area contributed by atoms with Crippen molar-refractivity contribution >= 4 is 5.69 Å². The number of aryl methyl sites for hydroxylation is 1. The summed E-state index contributed by atoms with van der Waals surface area (Å²) in [7, 11) is 0. The average molecular weight is 253 g/mol. The van der Waals surface area contributed by atoms with Crippen molar-refractivity contribution in [1.82, 2.24) is 20.1 Å². The Morgan fingerprint density at radius 3 is 2.95 bits per heavy atom. The fourth-order valence-corrected chi connectivity index (χ4v) is 1.73. The molecule has 0 radical (unpaired) electrons. The van der Waals surface area contributed by atoms with Crippen molar-refractivity contribution < 1.29 is 4.52 Å². The lowest BCUT2D eigenvalue weighted by Crippen LogP contribution is -1.90. The molecular weight excluding hydrogens is 242 g/mol. The summed E-state index contributed by atoms with van der Waals surface area (Å²) in [5, 5.41) is 3.94. The lowest BCUT2D eigenvalue weighted by atomic mass is 10.2. The van der Waals surface area contributed by atoms with Gasteiger partial charge in [-0.05, 0) is 24.6 Å². The van der Waals surface area contributed by atoms with Gasteiger partial charge in [0.2, 0.25) is 5.82 Å². The van der Waals surface area contributed by atoms with Crippen molar-refractivity contribution in [2.24, 2.45) is 0 Å². The molecule has 0 aromatic carbocycles. The number of nitrogens with two attached hydrogens (primary N) is 1. The van der Waals surface area contributed by atoms with Crippen LogP contribution in [0.3, 0.4) is 0 Å². The second-order valence-electron chi connectivity index (χ2n) is 4.10. The van der Waals surface area contributed by atoms with Gasteiger partial charge in [0.25, 0.3) is 5.89 Å². The maximum absolute atomic E-state index is 5.67. The highest BCUT2D eigenvalue weighted by atomic mass is 16.5. The predicted octanol–water partition coefficient (Wildman–Crippen LogP) is 2.08. The van der Waals surface area contributed by atoms with Crippen LogP contribution in [0.25, 0.3) is 23.0 Å². The molecule has 3 rings (SSSR count). The van der Waals surface area contributed by atoms with Gasteiger partial charge >= 0.3 is 0 Å². The van der Waals surface area contributed by atoms with Gasteiger partial charge in [0, 0.05) is 18.6 Å². The molecule has 0 aliphatic rings. The fraction of sp³-hybridized carbons (Fsp3) is 0.0769. The highest BCUT2D eigenvalue weighted by Gasteiger charge is 2.13. The molecule has 0 saturated carbocycles. The molecule has 3 heterocycles. The van der Waals surface area contributed by atoms with Gasteiger partial charge in [-0.1, -0.05) is 11.2 Å². The summed E-state index contributed by atoms with van der Waals surface area (Å²) in [6, 6.07) is 5.54. The van der Waals surface area contributed by atoms with Crippen LogP contribution in [0, 0.1) is 6.92 Å². The average Bonchev–Trinajstić information content (AvgIpc) is 2.89. The summed E-state index contributed by atoms with van der Waals surface area (Å²) >= 11 is 0. The zero-order valence-electron chi connectivity index (χ0n) is 10.2. The normalized spacial score (nSPS) is 10.6. The molecule has 94 valence electrons. The van der Waals surface area contributed by atoms with Crippen LogP contribution >= 0.6 is 0 Å². The third-order valence-electron chi connectivity index (χ3n) is 2.65. The van der Waals surface area contributed by atoms with Crippen LogP contribution in [0.5, 0.6) is 0 Å². The Morgan fingerprint density at radius 1 is 1.26 bits per heavy atom. The van der Waals surface area contributed by atoms with E-state index in [1.54, 1.807) is 24.7 Å². The quantitative estimate of drug-likeness (QED) is 0.751. The van der Waals surface area contributed by atoms with Gasteiger partial charge in [-0.15, -0.1) is 0 Å².